The first-order valence-electron chi connectivity index (χ1n) is 10.6. The van der Waals surface area contributed by atoms with E-state index in [2.05, 4.69) is 37.2 Å². The highest BCUT2D eigenvalue weighted by Gasteiger charge is 2.02. The Morgan fingerprint density at radius 2 is 0.861 bits per heavy atom. The molecule has 10 heteroatoms. The number of amides is 2. The molecule has 0 aliphatic heterocycles. The van der Waals surface area contributed by atoms with E-state index in [1.54, 1.807) is 72.8 Å². The summed E-state index contributed by atoms with van der Waals surface area (Å²) in [6, 6.07) is 17.4. The number of carboxylic acid groups (broad SMARTS) is 2. The van der Waals surface area contributed by atoms with Crippen molar-refractivity contribution >= 4 is 12.2 Å². The molecule has 196 valence electrons. The third-order valence-corrected chi connectivity index (χ3v) is 3.42. The number of carbonyl (C=O) groups is 2. The van der Waals surface area contributed by atoms with Gasteiger partial charge in [-0.15, -0.1) is 26.3 Å². The minimum Gasteiger partial charge on any atom is -0.508 e. The van der Waals surface area contributed by atoms with Crippen LogP contribution in [0.1, 0.15) is 0 Å². The number of benzene rings is 2. The van der Waals surface area contributed by atoms with Crippen LogP contribution in [0.4, 0.5) is 9.59 Å². The largest absolute Gasteiger partial charge is 0.508 e. The van der Waals surface area contributed by atoms with Crippen molar-refractivity contribution in [2.75, 3.05) is 26.2 Å². The number of rotatable bonds is 10. The molecule has 2 rings (SSSR count). The van der Waals surface area contributed by atoms with Gasteiger partial charge in [0.1, 0.15) is 11.5 Å². The van der Waals surface area contributed by atoms with E-state index in [1.807, 2.05) is 12.1 Å². The lowest BCUT2D eigenvalue weighted by Crippen LogP contribution is -2.41. The van der Waals surface area contributed by atoms with E-state index in [-0.39, 0.29) is 0 Å². The van der Waals surface area contributed by atoms with Gasteiger partial charge in [0.05, 0.1) is 0 Å². The lowest BCUT2D eigenvalue weighted by atomic mass is 10.3. The van der Waals surface area contributed by atoms with Gasteiger partial charge in [-0.05, 0) is 24.3 Å². The molecule has 2 amide bonds. The molecule has 0 aliphatic rings. The van der Waals surface area contributed by atoms with Gasteiger partial charge in [0.15, 0.2) is 0 Å². The Hall–Kier alpha value is -4.54. The first-order valence-corrected chi connectivity index (χ1v) is 10.6. The summed E-state index contributed by atoms with van der Waals surface area (Å²) in [5, 5.41) is 36.8. The number of hydrogen-bond donors (Lipinski definition) is 6. The third-order valence-electron chi connectivity index (χ3n) is 3.42. The molecule has 0 saturated carbocycles. The number of aromatic hydroxyl groups is 2. The maximum absolute atomic E-state index is 10.1. The average molecular weight is 501 g/mol. The van der Waals surface area contributed by atoms with Gasteiger partial charge in [0, 0.05) is 26.2 Å². The molecule has 0 bridgehead atoms. The summed E-state index contributed by atoms with van der Waals surface area (Å²) < 4.78 is 0. The minimum absolute atomic E-state index is 0.322. The van der Waals surface area contributed by atoms with Gasteiger partial charge in [-0.25, -0.2) is 19.6 Å². The van der Waals surface area contributed by atoms with E-state index in [1.165, 1.54) is 10.0 Å². The van der Waals surface area contributed by atoms with Crippen molar-refractivity contribution in [2.24, 2.45) is 0 Å². The highest BCUT2D eigenvalue weighted by atomic mass is 16.4. The maximum Gasteiger partial charge on any atom is 0.419 e. The second-order valence-corrected chi connectivity index (χ2v) is 6.47. The fourth-order valence-electron chi connectivity index (χ4n) is 2.08. The minimum atomic E-state index is -1.08. The Morgan fingerprint density at radius 3 is 1.00 bits per heavy atom. The molecular weight excluding hydrogens is 464 g/mol. The predicted molar refractivity (Wildman–Crippen MR) is 142 cm³/mol. The van der Waals surface area contributed by atoms with Gasteiger partial charge in [0.25, 0.3) is 0 Å². The summed E-state index contributed by atoms with van der Waals surface area (Å²) in [6.45, 7) is 15.8. The number of nitrogens with zero attached hydrogens (tertiary/aromatic N) is 2. The van der Waals surface area contributed by atoms with Crippen LogP contribution in [0.3, 0.4) is 0 Å². The van der Waals surface area contributed by atoms with Gasteiger partial charge in [-0.2, -0.15) is 0 Å². The van der Waals surface area contributed by atoms with Crippen LogP contribution in [0.25, 0.3) is 0 Å². The molecule has 6 N–H and O–H groups in total. The Bertz CT molecular complexity index is 785. The first kappa shape index (κ1) is 33.6. The Balaban J connectivity index is 0. The fraction of sp³-hybridized carbons (Fsp3) is 0.154. The highest BCUT2D eigenvalue weighted by molar-refractivity contribution is 5.64. The van der Waals surface area contributed by atoms with Crippen LogP contribution in [-0.4, -0.2) is 68.8 Å². The van der Waals surface area contributed by atoms with E-state index < -0.39 is 12.2 Å². The van der Waals surface area contributed by atoms with Crippen molar-refractivity contribution in [3.8, 4) is 11.5 Å². The molecule has 0 aliphatic carbocycles. The van der Waals surface area contributed by atoms with E-state index in [0.29, 0.717) is 37.7 Å². The van der Waals surface area contributed by atoms with E-state index in [9.17, 15) is 9.59 Å². The van der Waals surface area contributed by atoms with Crippen molar-refractivity contribution in [3.63, 3.8) is 0 Å². The quantitative estimate of drug-likeness (QED) is 0.207. The Morgan fingerprint density at radius 1 is 0.611 bits per heavy atom. The summed E-state index contributed by atoms with van der Waals surface area (Å²) >= 11 is 0. The third kappa shape index (κ3) is 24.1. The standard InChI is InChI=1S/2C7H12N2O2.2C6H6O/c2*1-3-5-9(6-4-2)8-7(10)11;2*7-6-4-2-1-3-5-6/h2*3-4,8H,1-2,5-6H2,(H,10,11);2*1-5,7H. The smallest absolute Gasteiger partial charge is 0.419 e. The van der Waals surface area contributed by atoms with Gasteiger partial charge < -0.3 is 20.4 Å². The Labute approximate surface area is 212 Å². The van der Waals surface area contributed by atoms with Crippen LogP contribution in [0.15, 0.2) is 111 Å². The van der Waals surface area contributed by atoms with Gasteiger partial charge in [0.2, 0.25) is 0 Å². The fourth-order valence-corrected chi connectivity index (χ4v) is 2.08. The zero-order chi connectivity index (χ0) is 27.6. The number of phenolic OH excluding ortho intramolecular Hbond substituents is 2. The lowest BCUT2D eigenvalue weighted by molar-refractivity contribution is 0.152. The maximum atomic E-state index is 10.1. The van der Waals surface area contributed by atoms with Gasteiger partial charge >= 0.3 is 12.2 Å². The molecule has 2 aromatic rings. The zero-order valence-electron chi connectivity index (χ0n) is 20.2. The topological polar surface area (TPSA) is 146 Å². The van der Waals surface area contributed by atoms with Crippen LogP contribution in [-0.2, 0) is 0 Å². The molecular formula is C26H36N4O6. The number of phenols is 2. The van der Waals surface area contributed by atoms with Crippen LogP contribution >= 0.6 is 0 Å². The summed E-state index contributed by atoms with van der Waals surface area (Å²) in [6.07, 6.45) is 4.29. The van der Waals surface area contributed by atoms with E-state index >= 15 is 0 Å². The lowest BCUT2D eigenvalue weighted by Gasteiger charge is -2.16. The molecule has 0 unspecified atom stereocenters. The zero-order valence-corrected chi connectivity index (χ0v) is 20.2. The van der Waals surface area contributed by atoms with E-state index in [4.69, 9.17) is 20.4 Å². The number of hydrogen-bond acceptors (Lipinski definition) is 6. The predicted octanol–water partition coefficient (Wildman–Crippen LogP) is 4.47. The van der Waals surface area contributed by atoms with Crippen LogP contribution in [0.2, 0.25) is 0 Å². The summed E-state index contributed by atoms with van der Waals surface area (Å²) in [5.41, 5.74) is 4.38. The summed E-state index contributed by atoms with van der Waals surface area (Å²) in [7, 11) is 0. The second kappa shape index (κ2) is 23.6. The number of nitrogens with one attached hydrogen (secondary N) is 2. The monoisotopic (exact) mass is 500 g/mol. The molecule has 36 heavy (non-hydrogen) atoms. The molecule has 0 radical (unpaired) electrons. The van der Waals surface area contributed by atoms with Crippen molar-refractivity contribution < 1.29 is 30.0 Å². The van der Waals surface area contributed by atoms with Crippen molar-refractivity contribution in [3.05, 3.63) is 111 Å². The van der Waals surface area contributed by atoms with Crippen molar-refractivity contribution in [1.82, 2.24) is 20.9 Å². The average Bonchev–Trinajstić information content (AvgIpc) is 2.81. The SMILES string of the molecule is C=CCN(CC=C)NC(=O)O.C=CCN(CC=C)NC(=O)O.Oc1ccccc1.Oc1ccccc1. The second-order valence-electron chi connectivity index (χ2n) is 6.47. The van der Waals surface area contributed by atoms with Crippen molar-refractivity contribution in [2.45, 2.75) is 0 Å². The molecule has 2 aromatic carbocycles. The highest BCUT2D eigenvalue weighted by Crippen LogP contribution is 2.03. The normalized spacial score (nSPS) is 8.94. The van der Waals surface area contributed by atoms with Gasteiger partial charge in [-0.1, -0.05) is 60.7 Å². The van der Waals surface area contributed by atoms with Crippen LogP contribution in [0.5, 0.6) is 11.5 Å². The molecule has 0 spiro atoms. The number of hydrazine groups is 2. The molecule has 0 atom stereocenters. The molecule has 0 heterocycles. The molecule has 10 nitrogen and oxygen atoms in total. The summed E-state index contributed by atoms with van der Waals surface area (Å²) in [5.74, 6) is 0.644. The first-order chi connectivity index (χ1) is 17.2. The molecule has 0 fully saturated rings. The molecule has 0 aromatic heterocycles. The number of para-hydroxylation sites is 2. The van der Waals surface area contributed by atoms with Crippen LogP contribution in [0, 0.1) is 0 Å². The molecule has 0 saturated heterocycles. The van der Waals surface area contributed by atoms with Crippen LogP contribution < -0.4 is 10.9 Å². The van der Waals surface area contributed by atoms with Crippen molar-refractivity contribution in [1.29, 1.82) is 0 Å². The Kier molecular flexibility index (Phi) is 22.1. The van der Waals surface area contributed by atoms with E-state index in [0.717, 1.165) is 0 Å². The van der Waals surface area contributed by atoms with Gasteiger partial charge in [-0.3, -0.25) is 10.9 Å². The summed E-state index contributed by atoms with van der Waals surface area (Å²) in [4.78, 5) is 20.3.